The van der Waals surface area contributed by atoms with Crippen LogP contribution in [-0.4, -0.2) is 47.1 Å². The molecular formula is H3CuNaO4S. The van der Waals surface area contributed by atoms with E-state index in [4.69, 9.17) is 17.5 Å². The maximum absolute atomic E-state index is 8.74. The normalized spacial score (nSPS) is 8.29. The van der Waals surface area contributed by atoms with Gasteiger partial charge in [0, 0.05) is 17.1 Å². The Balaban J connectivity index is -0.0000000800. The summed E-state index contributed by atoms with van der Waals surface area (Å²) in [5.41, 5.74) is 0. The first-order valence-corrected chi connectivity index (χ1v) is 2.10. The zero-order valence-corrected chi connectivity index (χ0v) is 4.18. The van der Waals surface area contributed by atoms with Crippen LogP contribution in [0.15, 0.2) is 0 Å². The minimum atomic E-state index is -4.67. The molecule has 0 aliphatic heterocycles. The van der Waals surface area contributed by atoms with E-state index in [-0.39, 0.29) is 46.6 Å². The molecule has 0 aliphatic rings. The number of hydrogen-bond acceptors (Lipinski definition) is 2. The van der Waals surface area contributed by atoms with E-state index in [9.17, 15) is 0 Å². The zero-order chi connectivity index (χ0) is 4.50. The van der Waals surface area contributed by atoms with Crippen LogP contribution in [0.2, 0.25) is 0 Å². The molecule has 7 heteroatoms. The van der Waals surface area contributed by atoms with E-state index < -0.39 is 10.4 Å². The molecule has 0 aromatic carbocycles. The molecular weight excluding hydrogens is 183 g/mol. The summed E-state index contributed by atoms with van der Waals surface area (Å²) in [5.74, 6) is 0. The average molecular weight is 186 g/mol. The number of hydrogen-bond donors (Lipinski definition) is 2. The van der Waals surface area contributed by atoms with Crippen molar-refractivity contribution in [3.05, 3.63) is 0 Å². The van der Waals surface area contributed by atoms with Gasteiger partial charge in [-0.2, -0.15) is 8.42 Å². The van der Waals surface area contributed by atoms with Crippen molar-refractivity contribution < 1.29 is 34.6 Å². The van der Waals surface area contributed by atoms with Crippen molar-refractivity contribution >= 4 is 40.0 Å². The van der Waals surface area contributed by atoms with Gasteiger partial charge >= 0.3 is 40.0 Å². The van der Waals surface area contributed by atoms with Crippen LogP contribution in [0.3, 0.4) is 0 Å². The molecule has 45 valence electrons. The summed E-state index contributed by atoms with van der Waals surface area (Å²) in [6.45, 7) is 0. The molecule has 0 saturated carbocycles. The van der Waals surface area contributed by atoms with Crippen LogP contribution in [0.1, 0.15) is 0 Å². The molecule has 0 unspecified atom stereocenters. The molecule has 0 amide bonds. The van der Waals surface area contributed by atoms with Gasteiger partial charge in [-0.15, -0.1) is 0 Å². The van der Waals surface area contributed by atoms with Gasteiger partial charge in [-0.3, -0.25) is 9.11 Å². The molecule has 0 fully saturated rings. The van der Waals surface area contributed by atoms with Gasteiger partial charge in [0.05, 0.1) is 0 Å². The molecule has 7 heavy (non-hydrogen) atoms. The van der Waals surface area contributed by atoms with E-state index in [0.717, 1.165) is 0 Å². The van der Waals surface area contributed by atoms with Gasteiger partial charge in [0.1, 0.15) is 0 Å². The van der Waals surface area contributed by atoms with Crippen molar-refractivity contribution in [1.82, 2.24) is 0 Å². The second-order valence-electron chi connectivity index (χ2n) is 0.448. The SMILES string of the molecule is O=S(=O)(O)O.[Cu].[NaH]. The molecule has 0 spiro atoms. The van der Waals surface area contributed by atoms with Crippen LogP contribution in [0.4, 0.5) is 0 Å². The molecule has 0 aromatic rings. The summed E-state index contributed by atoms with van der Waals surface area (Å²) in [5, 5.41) is 0. The molecule has 0 atom stereocenters. The van der Waals surface area contributed by atoms with Gasteiger partial charge in [0.25, 0.3) is 0 Å². The summed E-state index contributed by atoms with van der Waals surface area (Å²) < 4.78 is 31.6. The van der Waals surface area contributed by atoms with Crippen molar-refractivity contribution in [3.8, 4) is 0 Å². The molecule has 0 aromatic heterocycles. The molecule has 0 aliphatic carbocycles. The summed E-state index contributed by atoms with van der Waals surface area (Å²) in [6, 6.07) is 0. The standard InChI is InChI=1S/Cu.Na.H2O4S.H/c;;1-5(2,3)4;/h;;(H2,1,2,3,4);. The van der Waals surface area contributed by atoms with Crippen LogP contribution >= 0.6 is 0 Å². The topological polar surface area (TPSA) is 74.6 Å². The molecule has 0 bridgehead atoms. The Labute approximate surface area is 74.0 Å². The first kappa shape index (κ1) is 15.8. The monoisotopic (exact) mass is 185 g/mol. The minimum absolute atomic E-state index is 0. The summed E-state index contributed by atoms with van der Waals surface area (Å²) in [7, 11) is -4.67. The molecule has 2 N–H and O–H groups in total. The van der Waals surface area contributed by atoms with Crippen LogP contribution in [-0.2, 0) is 27.5 Å². The van der Waals surface area contributed by atoms with Crippen LogP contribution in [0.5, 0.6) is 0 Å². The van der Waals surface area contributed by atoms with Crippen LogP contribution < -0.4 is 0 Å². The number of rotatable bonds is 0. The predicted molar refractivity (Wildman–Crippen MR) is 21.3 cm³/mol. The third-order valence-electron chi connectivity index (χ3n) is 0. The van der Waals surface area contributed by atoms with E-state index in [2.05, 4.69) is 0 Å². The van der Waals surface area contributed by atoms with E-state index >= 15 is 0 Å². The van der Waals surface area contributed by atoms with E-state index in [0.29, 0.717) is 0 Å². The maximum atomic E-state index is 8.74. The Bertz CT molecular complexity index is 94.9. The summed E-state index contributed by atoms with van der Waals surface area (Å²) in [6.07, 6.45) is 0. The van der Waals surface area contributed by atoms with Crippen molar-refractivity contribution in [2.75, 3.05) is 0 Å². The third kappa shape index (κ3) is 111. The quantitative estimate of drug-likeness (QED) is 0.363. The van der Waals surface area contributed by atoms with Crippen molar-refractivity contribution in [2.45, 2.75) is 0 Å². The second-order valence-corrected chi connectivity index (χ2v) is 1.34. The van der Waals surface area contributed by atoms with Gasteiger partial charge in [-0.1, -0.05) is 0 Å². The third-order valence-corrected chi connectivity index (χ3v) is 0. The zero-order valence-electron chi connectivity index (χ0n) is 2.42. The van der Waals surface area contributed by atoms with Gasteiger partial charge in [0.15, 0.2) is 0 Å². The van der Waals surface area contributed by atoms with Crippen LogP contribution in [0, 0.1) is 0 Å². The van der Waals surface area contributed by atoms with Gasteiger partial charge < -0.3 is 0 Å². The van der Waals surface area contributed by atoms with Crippen molar-refractivity contribution in [3.63, 3.8) is 0 Å². The Morgan fingerprint density at radius 1 is 1.14 bits per heavy atom. The second kappa shape index (κ2) is 5.52. The fourth-order valence-electron chi connectivity index (χ4n) is 0. The first-order chi connectivity index (χ1) is 2.00. The van der Waals surface area contributed by atoms with Gasteiger partial charge in [-0.25, -0.2) is 0 Å². The fourth-order valence-corrected chi connectivity index (χ4v) is 0. The summed E-state index contributed by atoms with van der Waals surface area (Å²) in [4.78, 5) is 0. The molecule has 4 nitrogen and oxygen atoms in total. The molecule has 0 saturated heterocycles. The average Bonchev–Trinajstić information content (AvgIpc) is 0.722. The van der Waals surface area contributed by atoms with Crippen molar-refractivity contribution in [1.29, 1.82) is 0 Å². The van der Waals surface area contributed by atoms with E-state index in [1.807, 2.05) is 0 Å². The molecule has 0 rings (SSSR count). The summed E-state index contributed by atoms with van der Waals surface area (Å²) >= 11 is 0. The Kier molecular flexibility index (Phi) is 12.4. The fraction of sp³-hybridized carbons (Fsp3) is 0. The molecule has 1 radical (unpaired) electrons. The predicted octanol–water partition coefficient (Wildman–Crippen LogP) is -1.30. The van der Waals surface area contributed by atoms with E-state index in [1.165, 1.54) is 0 Å². The van der Waals surface area contributed by atoms with E-state index in [1.54, 1.807) is 0 Å². The van der Waals surface area contributed by atoms with Gasteiger partial charge in [0.2, 0.25) is 0 Å². The molecule has 0 heterocycles. The van der Waals surface area contributed by atoms with Crippen molar-refractivity contribution in [2.24, 2.45) is 0 Å². The Hall–Kier alpha value is 1.39. The van der Waals surface area contributed by atoms with Gasteiger partial charge in [-0.05, 0) is 0 Å². The Morgan fingerprint density at radius 2 is 1.14 bits per heavy atom. The Morgan fingerprint density at radius 3 is 1.14 bits per heavy atom. The van der Waals surface area contributed by atoms with Crippen LogP contribution in [0.25, 0.3) is 0 Å². The first-order valence-electron chi connectivity index (χ1n) is 0.698.